The van der Waals surface area contributed by atoms with Gasteiger partial charge in [0.15, 0.2) is 0 Å². The minimum Gasteiger partial charge on any atom is -0.0654 e. The zero-order chi connectivity index (χ0) is 11.0. The topological polar surface area (TPSA) is 0 Å². The van der Waals surface area contributed by atoms with Crippen LogP contribution in [0, 0.1) is 0 Å². The monoisotopic (exact) mass is 208 g/mol. The number of aryl methyl sites for hydroxylation is 1. The lowest BCUT2D eigenvalue weighted by Crippen LogP contribution is -1.89. The van der Waals surface area contributed by atoms with Gasteiger partial charge < -0.3 is 0 Å². The molecule has 0 amide bonds. The highest BCUT2D eigenvalue weighted by Crippen LogP contribution is 2.33. The number of unbranched alkanes of at least 4 members (excludes halogenated alkanes) is 1. The molecule has 0 unspecified atom stereocenters. The molecule has 2 aromatic carbocycles. The van der Waals surface area contributed by atoms with E-state index >= 15 is 0 Å². The molecule has 0 aliphatic heterocycles. The van der Waals surface area contributed by atoms with E-state index in [1.807, 2.05) is 0 Å². The number of hydrogen-bond acceptors (Lipinski definition) is 0. The first-order chi connectivity index (χ1) is 7.90. The fraction of sp³-hybridized carbons (Fsp3) is 0.250. The van der Waals surface area contributed by atoms with E-state index in [0.29, 0.717) is 0 Å². The molecular formula is C16H16. The van der Waals surface area contributed by atoms with E-state index in [-0.39, 0.29) is 0 Å². The molecule has 0 spiro atoms. The summed E-state index contributed by atoms with van der Waals surface area (Å²) in [4.78, 5) is 0. The number of hydrogen-bond donors (Lipinski definition) is 0. The van der Waals surface area contributed by atoms with Gasteiger partial charge in [-0.05, 0) is 40.3 Å². The van der Waals surface area contributed by atoms with E-state index in [1.165, 1.54) is 46.7 Å². The summed E-state index contributed by atoms with van der Waals surface area (Å²) in [5.41, 5.74) is 4.27. The molecule has 0 saturated carbocycles. The van der Waals surface area contributed by atoms with E-state index in [9.17, 15) is 0 Å². The van der Waals surface area contributed by atoms with Crippen molar-refractivity contribution in [3.8, 4) is 0 Å². The summed E-state index contributed by atoms with van der Waals surface area (Å²) < 4.78 is 0. The quantitative estimate of drug-likeness (QED) is 0.587. The van der Waals surface area contributed by atoms with Crippen LogP contribution in [0.4, 0.5) is 0 Å². The van der Waals surface area contributed by atoms with Gasteiger partial charge in [0.2, 0.25) is 0 Å². The third-order valence-electron chi connectivity index (χ3n) is 3.44. The molecule has 0 bridgehead atoms. The molecule has 1 aliphatic rings. The Morgan fingerprint density at radius 2 is 1.75 bits per heavy atom. The predicted molar refractivity (Wildman–Crippen MR) is 71.5 cm³/mol. The molecule has 0 atom stereocenters. The van der Waals surface area contributed by atoms with Crippen LogP contribution < -0.4 is 0 Å². The second-order valence-electron chi connectivity index (χ2n) is 4.52. The van der Waals surface area contributed by atoms with Crippen molar-refractivity contribution in [2.45, 2.75) is 26.2 Å². The van der Waals surface area contributed by atoms with Crippen molar-refractivity contribution in [2.75, 3.05) is 0 Å². The van der Waals surface area contributed by atoms with Gasteiger partial charge in [0.1, 0.15) is 0 Å². The molecule has 0 N–H and O–H groups in total. The van der Waals surface area contributed by atoms with Crippen LogP contribution >= 0.6 is 0 Å². The van der Waals surface area contributed by atoms with Crippen molar-refractivity contribution >= 4 is 22.9 Å². The molecule has 0 heteroatoms. The second kappa shape index (κ2) is 3.79. The van der Waals surface area contributed by atoms with Crippen LogP contribution in [0.5, 0.6) is 0 Å². The van der Waals surface area contributed by atoms with Gasteiger partial charge >= 0.3 is 0 Å². The van der Waals surface area contributed by atoms with E-state index in [1.54, 1.807) is 0 Å². The van der Waals surface area contributed by atoms with Crippen molar-refractivity contribution in [3.05, 3.63) is 47.0 Å². The average Bonchev–Trinajstić information content (AvgIpc) is 2.74. The summed E-state index contributed by atoms with van der Waals surface area (Å²) in [6.07, 6.45) is 8.20. The Hall–Kier alpha value is -1.56. The van der Waals surface area contributed by atoms with Gasteiger partial charge in [-0.15, -0.1) is 0 Å². The summed E-state index contributed by atoms with van der Waals surface area (Å²) in [5.74, 6) is 0. The molecule has 0 nitrogen and oxygen atoms in total. The summed E-state index contributed by atoms with van der Waals surface area (Å²) in [7, 11) is 0. The van der Waals surface area contributed by atoms with Gasteiger partial charge in [-0.1, -0.05) is 55.8 Å². The Morgan fingerprint density at radius 1 is 0.938 bits per heavy atom. The van der Waals surface area contributed by atoms with Crippen LogP contribution in [-0.2, 0) is 6.42 Å². The van der Waals surface area contributed by atoms with Gasteiger partial charge in [-0.2, -0.15) is 0 Å². The molecule has 0 radical (unpaired) electrons. The van der Waals surface area contributed by atoms with Gasteiger partial charge in [-0.3, -0.25) is 0 Å². The third-order valence-corrected chi connectivity index (χ3v) is 3.44. The fourth-order valence-corrected chi connectivity index (χ4v) is 2.57. The Balaban J connectivity index is 2.20. The third kappa shape index (κ3) is 1.37. The Morgan fingerprint density at radius 3 is 2.56 bits per heavy atom. The second-order valence-corrected chi connectivity index (χ2v) is 4.52. The molecule has 3 rings (SSSR count). The van der Waals surface area contributed by atoms with Gasteiger partial charge in [-0.25, -0.2) is 0 Å². The lowest BCUT2D eigenvalue weighted by Gasteiger charge is -2.08. The molecule has 2 aromatic rings. The highest BCUT2D eigenvalue weighted by molar-refractivity contribution is 6.05. The first kappa shape index (κ1) is 9.65. The van der Waals surface area contributed by atoms with Gasteiger partial charge in [0.05, 0.1) is 0 Å². The largest absolute Gasteiger partial charge is 0.0654 e. The van der Waals surface area contributed by atoms with Gasteiger partial charge in [0, 0.05) is 0 Å². The Labute approximate surface area is 96.6 Å². The first-order valence-electron chi connectivity index (χ1n) is 6.13. The number of rotatable bonds is 3. The van der Waals surface area contributed by atoms with Crippen LogP contribution in [0.2, 0.25) is 0 Å². The fourth-order valence-electron chi connectivity index (χ4n) is 2.57. The average molecular weight is 208 g/mol. The lowest BCUT2D eigenvalue weighted by atomic mass is 9.96. The van der Waals surface area contributed by atoms with Crippen molar-refractivity contribution < 1.29 is 0 Å². The first-order valence-corrected chi connectivity index (χ1v) is 6.13. The molecule has 80 valence electrons. The normalized spacial score (nSPS) is 12.6. The maximum absolute atomic E-state index is 2.30. The zero-order valence-electron chi connectivity index (χ0n) is 9.66. The van der Waals surface area contributed by atoms with Crippen LogP contribution in [0.1, 0.15) is 36.5 Å². The van der Waals surface area contributed by atoms with E-state index < -0.39 is 0 Å². The smallest absolute Gasteiger partial charge is 0.00361 e. The summed E-state index contributed by atoms with van der Waals surface area (Å²) in [6, 6.07) is 11.2. The van der Waals surface area contributed by atoms with Gasteiger partial charge in [0.25, 0.3) is 0 Å². The molecule has 0 saturated heterocycles. The van der Waals surface area contributed by atoms with Crippen LogP contribution in [0.15, 0.2) is 30.3 Å². The molecule has 0 fully saturated rings. The molecular weight excluding hydrogens is 192 g/mol. The lowest BCUT2D eigenvalue weighted by molar-refractivity contribution is 0.799. The minimum atomic E-state index is 1.21. The highest BCUT2D eigenvalue weighted by atomic mass is 14.1. The standard InChI is InChI=1S/C16H16/c1-2-3-5-12-8-9-14-11-10-13-6-4-7-15(12)16(13)14/h4,6-11H,2-3,5H2,1H3. The van der Waals surface area contributed by atoms with Crippen molar-refractivity contribution in [3.63, 3.8) is 0 Å². The van der Waals surface area contributed by atoms with Crippen molar-refractivity contribution in [2.24, 2.45) is 0 Å². The number of benzene rings is 2. The Kier molecular flexibility index (Phi) is 2.28. The van der Waals surface area contributed by atoms with E-state index in [2.05, 4.69) is 49.4 Å². The molecule has 0 aromatic heterocycles. The maximum Gasteiger partial charge on any atom is -0.00361 e. The predicted octanol–water partition coefficient (Wildman–Crippen LogP) is 4.67. The van der Waals surface area contributed by atoms with E-state index in [4.69, 9.17) is 0 Å². The maximum atomic E-state index is 2.30. The zero-order valence-corrected chi connectivity index (χ0v) is 9.66. The van der Waals surface area contributed by atoms with Crippen molar-refractivity contribution in [1.29, 1.82) is 0 Å². The van der Waals surface area contributed by atoms with Crippen LogP contribution in [0.3, 0.4) is 0 Å². The summed E-state index contributed by atoms with van der Waals surface area (Å²) in [6.45, 7) is 2.25. The SMILES string of the molecule is CCCCc1ccc2c3c(cccc13)C=C2. The summed E-state index contributed by atoms with van der Waals surface area (Å²) >= 11 is 0. The molecule has 0 heterocycles. The van der Waals surface area contributed by atoms with E-state index in [0.717, 1.165) is 0 Å². The molecule has 1 aliphatic carbocycles. The highest BCUT2D eigenvalue weighted by Gasteiger charge is 2.10. The molecule has 16 heavy (non-hydrogen) atoms. The van der Waals surface area contributed by atoms with Crippen LogP contribution in [-0.4, -0.2) is 0 Å². The van der Waals surface area contributed by atoms with Crippen molar-refractivity contribution in [1.82, 2.24) is 0 Å². The Bertz CT molecular complexity index is 549. The minimum absolute atomic E-state index is 1.21. The van der Waals surface area contributed by atoms with Crippen LogP contribution in [0.25, 0.3) is 22.9 Å². The summed E-state index contributed by atoms with van der Waals surface area (Å²) in [5, 5.41) is 2.91.